The summed E-state index contributed by atoms with van der Waals surface area (Å²) in [6.07, 6.45) is 3.40. The standard InChI is InChI=1S/C16H22N2O3S/c1-10-3-4-13-11(5-10)6-14(22-13)16(20)18-7-12(8-18)21-9-15(19)17-2/h6,10,12H,3-5,7-9H2,1-2H3,(H,17,19)/t10-/m1/s1. The van der Waals surface area contributed by atoms with Crippen LogP contribution in [-0.2, 0) is 22.4 Å². The second-order valence-electron chi connectivity index (χ2n) is 6.22. The van der Waals surface area contributed by atoms with Crippen molar-refractivity contribution in [3.05, 3.63) is 21.4 Å². The zero-order valence-corrected chi connectivity index (χ0v) is 13.9. The van der Waals surface area contributed by atoms with E-state index in [-0.39, 0.29) is 24.5 Å². The molecule has 6 heteroatoms. The van der Waals surface area contributed by atoms with Gasteiger partial charge in [0.05, 0.1) is 11.0 Å². The van der Waals surface area contributed by atoms with Crippen LogP contribution in [0.2, 0.25) is 0 Å². The quantitative estimate of drug-likeness (QED) is 0.913. The molecule has 1 N–H and O–H groups in total. The summed E-state index contributed by atoms with van der Waals surface area (Å²) in [5.41, 5.74) is 1.36. The van der Waals surface area contributed by atoms with Crippen molar-refractivity contribution < 1.29 is 14.3 Å². The summed E-state index contributed by atoms with van der Waals surface area (Å²) in [7, 11) is 1.59. The smallest absolute Gasteiger partial charge is 0.264 e. The van der Waals surface area contributed by atoms with E-state index in [1.807, 2.05) is 0 Å². The molecule has 0 bridgehead atoms. The zero-order valence-electron chi connectivity index (χ0n) is 13.1. The van der Waals surface area contributed by atoms with Gasteiger partial charge in [-0.2, -0.15) is 0 Å². The first-order chi connectivity index (χ1) is 10.6. The lowest BCUT2D eigenvalue weighted by Gasteiger charge is -2.38. The average molecular weight is 322 g/mol. The first kappa shape index (κ1) is 15.5. The molecule has 1 saturated heterocycles. The number of fused-ring (bicyclic) bond motifs is 1. The fraction of sp³-hybridized carbons (Fsp3) is 0.625. The summed E-state index contributed by atoms with van der Waals surface area (Å²) >= 11 is 1.65. The van der Waals surface area contributed by atoms with Gasteiger partial charge in [-0.1, -0.05) is 6.92 Å². The van der Waals surface area contributed by atoms with Crippen LogP contribution in [0.1, 0.15) is 33.5 Å². The van der Waals surface area contributed by atoms with E-state index in [1.54, 1.807) is 23.3 Å². The van der Waals surface area contributed by atoms with Crippen LogP contribution in [0.15, 0.2) is 6.07 Å². The Morgan fingerprint density at radius 2 is 2.23 bits per heavy atom. The Balaban J connectivity index is 1.52. The van der Waals surface area contributed by atoms with Gasteiger partial charge in [-0.3, -0.25) is 9.59 Å². The first-order valence-corrected chi connectivity index (χ1v) is 8.61. The summed E-state index contributed by atoms with van der Waals surface area (Å²) in [5, 5.41) is 2.52. The largest absolute Gasteiger partial charge is 0.365 e. The third-order valence-electron chi connectivity index (χ3n) is 4.40. The number of carbonyl (C=O) groups is 2. The summed E-state index contributed by atoms with van der Waals surface area (Å²) in [5.74, 6) is 0.688. The van der Waals surface area contributed by atoms with Crippen molar-refractivity contribution >= 4 is 23.2 Å². The van der Waals surface area contributed by atoms with Crippen molar-refractivity contribution in [2.75, 3.05) is 26.7 Å². The molecule has 0 aromatic carbocycles. The Bertz CT molecular complexity index is 578. The van der Waals surface area contributed by atoms with Gasteiger partial charge in [-0.25, -0.2) is 0 Å². The third kappa shape index (κ3) is 3.17. The van der Waals surface area contributed by atoms with Gasteiger partial charge in [-0.15, -0.1) is 11.3 Å². The van der Waals surface area contributed by atoms with Crippen molar-refractivity contribution in [1.82, 2.24) is 10.2 Å². The third-order valence-corrected chi connectivity index (χ3v) is 5.63. The van der Waals surface area contributed by atoms with Crippen LogP contribution in [0, 0.1) is 5.92 Å². The molecule has 2 amide bonds. The Labute approximate surface area is 134 Å². The second-order valence-corrected chi connectivity index (χ2v) is 7.36. The molecule has 0 unspecified atom stereocenters. The Morgan fingerprint density at radius 3 is 2.95 bits per heavy atom. The molecule has 2 aliphatic rings. The van der Waals surface area contributed by atoms with E-state index in [2.05, 4.69) is 18.3 Å². The molecule has 1 aromatic heterocycles. The molecule has 120 valence electrons. The zero-order chi connectivity index (χ0) is 15.7. The highest BCUT2D eigenvalue weighted by atomic mass is 32.1. The van der Waals surface area contributed by atoms with E-state index in [4.69, 9.17) is 4.74 Å². The lowest BCUT2D eigenvalue weighted by molar-refractivity contribution is -0.130. The molecule has 0 saturated carbocycles. The predicted octanol–water partition coefficient (Wildman–Crippen LogP) is 1.46. The van der Waals surface area contributed by atoms with Crippen molar-refractivity contribution in [3.8, 4) is 0 Å². The topological polar surface area (TPSA) is 58.6 Å². The number of rotatable bonds is 4. The Hall–Kier alpha value is -1.40. The van der Waals surface area contributed by atoms with Crippen LogP contribution in [0.25, 0.3) is 0 Å². The van der Waals surface area contributed by atoms with Gasteiger partial charge in [0.15, 0.2) is 0 Å². The molecular formula is C16H22N2O3S. The average Bonchev–Trinajstić information content (AvgIpc) is 2.87. The van der Waals surface area contributed by atoms with E-state index in [0.717, 1.165) is 23.6 Å². The number of nitrogens with one attached hydrogen (secondary N) is 1. The second kappa shape index (κ2) is 6.38. The molecule has 0 spiro atoms. The van der Waals surface area contributed by atoms with E-state index < -0.39 is 0 Å². The minimum atomic E-state index is -0.134. The Kier molecular flexibility index (Phi) is 4.49. The van der Waals surface area contributed by atoms with Gasteiger partial charge in [0.25, 0.3) is 5.91 Å². The number of hydrogen-bond donors (Lipinski definition) is 1. The highest BCUT2D eigenvalue weighted by molar-refractivity contribution is 7.14. The maximum atomic E-state index is 12.5. The number of thiophene rings is 1. The molecule has 1 aromatic rings. The van der Waals surface area contributed by atoms with E-state index in [1.165, 1.54) is 16.9 Å². The van der Waals surface area contributed by atoms with Gasteiger partial charge in [0, 0.05) is 25.0 Å². The number of carbonyl (C=O) groups excluding carboxylic acids is 2. The van der Waals surface area contributed by atoms with Crippen LogP contribution < -0.4 is 5.32 Å². The number of amides is 2. The fourth-order valence-electron chi connectivity index (χ4n) is 2.94. The SMILES string of the molecule is CNC(=O)COC1CN(C(=O)c2cc3c(s2)CC[C@@H](C)C3)C1. The molecule has 3 rings (SSSR count). The highest BCUT2D eigenvalue weighted by Gasteiger charge is 2.33. The highest BCUT2D eigenvalue weighted by Crippen LogP contribution is 2.33. The van der Waals surface area contributed by atoms with Crippen LogP contribution in [-0.4, -0.2) is 49.6 Å². The maximum absolute atomic E-state index is 12.5. The molecule has 1 aliphatic heterocycles. The van der Waals surface area contributed by atoms with Gasteiger partial charge in [0.1, 0.15) is 6.61 Å². The minimum absolute atomic E-state index is 0.0177. The number of ether oxygens (including phenoxy) is 1. The molecule has 1 atom stereocenters. The summed E-state index contributed by atoms with van der Waals surface area (Å²) in [4.78, 5) is 27.6. The first-order valence-electron chi connectivity index (χ1n) is 7.80. The van der Waals surface area contributed by atoms with Crippen LogP contribution >= 0.6 is 11.3 Å². The fourth-order valence-corrected chi connectivity index (χ4v) is 4.12. The van der Waals surface area contributed by atoms with Crippen LogP contribution in [0.4, 0.5) is 0 Å². The molecule has 22 heavy (non-hydrogen) atoms. The monoisotopic (exact) mass is 322 g/mol. The van der Waals surface area contributed by atoms with Gasteiger partial charge < -0.3 is 15.0 Å². The lowest BCUT2D eigenvalue weighted by atomic mass is 9.90. The molecular weight excluding hydrogens is 300 g/mol. The van der Waals surface area contributed by atoms with Crippen molar-refractivity contribution in [2.45, 2.75) is 32.3 Å². The Morgan fingerprint density at radius 1 is 1.45 bits per heavy atom. The van der Waals surface area contributed by atoms with Gasteiger partial charge in [-0.05, 0) is 36.8 Å². The number of nitrogens with zero attached hydrogens (tertiary/aromatic N) is 1. The van der Waals surface area contributed by atoms with Crippen LogP contribution in [0.3, 0.4) is 0 Å². The molecule has 1 fully saturated rings. The van der Waals surface area contributed by atoms with Crippen molar-refractivity contribution in [2.24, 2.45) is 5.92 Å². The minimum Gasteiger partial charge on any atom is -0.365 e. The van der Waals surface area contributed by atoms with Gasteiger partial charge in [0.2, 0.25) is 5.91 Å². The number of hydrogen-bond acceptors (Lipinski definition) is 4. The molecule has 0 radical (unpaired) electrons. The van der Waals surface area contributed by atoms with E-state index in [9.17, 15) is 9.59 Å². The predicted molar refractivity (Wildman–Crippen MR) is 85.2 cm³/mol. The van der Waals surface area contributed by atoms with Gasteiger partial charge >= 0.3 is 0 Å². The normalized spacial score (nSPS) is 21.2. The van der Waals surface area contributed by atoms with E-state index >= 15 is 0 Å². The number of likely N-dealkylation sites (tertiary alicyclic amines) is 1. The summed E-state index contributed by atoms with van der Waals surface area (Å²) in [6, 6.07) is 2.08. The molecule has 2 heterocycles. The van der Waals surface area contributed by atoms with Crippen LogP contribution in [0.5, 0.6) is 0 Å². The summed E-state index contributed by atoms with van der Waals surface area (Å²) < 4.78 is 5.44. The van der Waals surface area contributed by atoms with E-state index in [0.29, 0.717) is 13.1 Å². The lowest BCUT2D eigenvalue weighted by Crippen LogP contribution is -2.55. The summed E-state index contributed by atoms with van der Waals surface area (Å²) in [6.45, 7) is 3.49. The molecule has 5 nitrogen and oxygen atoms in total. The van der Waals surface area contributed by atoms with Crippen molar-refractivity contribution in [1.29, 1.82) is 0 Å². The maximum Gasteiger partial charge on any atom is 0.264 e. The number of aryl methyl sites for hydroxylation is 1. The van der Waals surface area contributed by atoms with Crippen molar-refractivity contribution in [3.63, 3.8) is 0 Å². The number of likely N-dealkylation sites (N-methyl/N-ethyl adjacent to an activating group) is 1. The molecule has 1 aliphatic carbocycles.